The minimum Gasteiger partial charge on any atom is -0.278 e. The maximum Gasteiger partial charge on any atom is 0.261 e. The van der Waals surface area contributed by atoms with Crippen LogP contribution in [0.3, 0.4) is 0 Å². The van der Waals surface area contributed by atoms with Gasteiger partial charge in [0.15, 0.2) is 0 Å². The highest BCUT2D eigenvalue weighted by Gasteiger charge is 2.15. The molecule has 0 radical (unpaired) electrons. The molecule has 0 fully saturated rings. The lowest BCUT2D eigenvalue weighted by Crippen LogP contribution is -2.13. The monoisotopic (exact) mass is 293 g/mol. The highest BCUT2D eigenvalue weighted by Crippen LogP contribution is 2.28. The molecular weight excluding hydrogens is 278 g/mol. The highest BCUT2D eigenvalue weighted by atomic mass is 32.2. The maximum absolute atomic E-state index is 12.2. The molecular formula is C14H15NO2S2. The summed E-state index contributed by atoms with van der Waals surface area (Å²) >= 11 is 1.61. The van der Waals surface area contributed by atoms with Crippen molar-refractivity contribution in [2.75, 3.05) is 10.5 Å². The van der Waals surface area contributed by atoms with Gasteiger partial charge in [0.2, 0.25) is 0 Å². The molecule has 0 bridgehead atoms. The Bertz CT molecular complexity index is 640. The van der Waals surface area contributed by atoms with E-state index < -0.39 is 10.0 Å². The zero-order valence-corrected chi connectivity index (χ0v) is 12.2. The highest BCUT2D eigenvalue weighted by molar-refractivity contribution is 7.99. The minimum absolute atomic E-state index is 0.270. The van der Waals surface area contributed by atoms with Crippen LogP contribution in [-0.4, -0.2) is 14.2 Å². The Morgan fingerprint density at radius 3 is 2.32 bits per heavy atom. The number of sulfonamides is 1. The average molecular weight is 293 g/mol. The summed E-state index contributed by atoms with van der Waals surface area (Å²) in [7, 11) is -3.52. The average Bonchev–Trinajstić information content (AvgIpc) is 2.42. The molecule has 100 valence electrons. The van der Waals surface area contributed by atoms with Gasteiger partial charge in [-0.1, -0.05) is 37.3 Å². The number of rotatable bonds is 5. The third-order valence-electron chi connectivity index (χ3n) is 2.48. The summed E-state index contributed by atoms with van der Waals surface area (Å²) in [6, 6.07) is 15.8. The lowest BCUT2D eigenvalue weighted by molar-refractivity contribution is 0.601. The molecule has 0 saturated carbocycles. The van der Waals surface area contributed by atoms with Gasteiger partial charge in [-0.3, -0.25) is 4.72 Å². The zero-order chi connectivity index (χ0) is 13.7. The van der Waals surface area contributed by atoms with Gasteiger partial charge >= 0.3 is 0 Å². The summed E-state index contributed by atoms with van der Waals surface area (Å²) in [4.78, 5) is 1.20. The van der Waals surface area contributed by atoms with Gasteiger partial charge in [-0.15, -0.1) is 11.8 Å². The van der Waals surface area contributed by atoms with E-state index in [0.717, 1.165) is 10.6 Å². The normalized spacial score (nSPS) is 11.2. The van der Waals surface area contributed by atoms with E-state index in [-0.39, 0.29) is 4.90 Å². The molecule has 2 rings (SSSR count). The molecule has 0 atom stereocenters. The predicted octanol–water partition coefficient (Wildman–Crippen LogP) is 3.60. The number of benzene rings is 2. The van der Waals surface area contributed by atoms with Gasteiger partial charge in [0.25, 0.3) is 10.0 Å². The Morgan fingerprint density at radius 2 is 1.63 bits per heavy atom. The molecule has 0 unspecified atom stereocenters. The van der Waals surface area contributed by atoms with Gasteiger partial charge in [0.05, 0.1) is 10.6 Å². The van der Waals surface area contributed by atoms with E-state index in [2.05, 4.69) is 4.72 Å². The predicted molar refractivity (Wildman–Crippen MR) is 80.1 cm³/mol. The van der Waals surface area contributed by atoms with Gasteiger partial charge in [-0.05, 0) is 30.0 Å². The van der Waals surface area contributed by atoms with Crippen molar-refractivity contribution in [2.24, 2.45) is 0 Å². The van der Waals surface area contributed by atoms with E-state index >= 15 is 0 Å². The van der Waals surface area contributed by atoms with E-state index in [4.69, 9.17) is 0 Å². The molecule has 1 N–H and O–H groups in total. The van der Waals surface area contributed by atoms with Gasteiger partial charge in [-0.2, -0.15) is 0 Å². The van der Waals surface area contributed by atoms with E-state index in [1.165, 1.54) is 0 Å². The number of nitrogens with one attached hydrogen (secondary N) is 1. The van der Waals surface area contributed by atoms with Gasteiger partial charge in [-0.25, -0.2) is 8.42 Å². The third kappa shape index (κ3) is 3.52. The van der Waals surface area contributed by atoms with E-state index in [9.17, 15) is 8.42 Å². The summed E-state index contributed by atoms with van der Waals surface area (Å²) in [6.07, 6.45) is 0. The first kappa shape index (κ1) is 14.0. The lowest BCUT2D eigenvalue weighted by atomic mass is 10.3. The molecule has 0 amide bonds. The molecule has 0 spiro atoms. The molecule has 0 aliphatic carbocycles. The van der Waals surface area contributed by atoms with Crippen LogP contribution in [-0.2, 0) is 10.0 Å². The van der Waals surface area contributed by atoms with Gasteiger partial charge < -0.3 is 0 Å². The number of para-hydroxylation sites is 1. The Morgan fingerprint density at radius 1 is 1.00 bits per heavy atom. The first-order chi connectivity index (χ1) is 9.13. The Hall–Kier alpha value is -1.46. The summed E-state index contributed by atoms with van der Waals surface area (Å²) < 4.78 is 27.1. The molecule has 0 aromatic heterocycles. The summed E-state index contributed by atoms with van der Waals surface area (Å²) in [5, 5.41) is 0. The molecule has 0 aliphatic heterocycles. The van der Waals surface area contributed by atoms with Crippen LogP contribution in [0.5, 0.6) is 0 Å². The molecule has 0 heterocycles. The Balaban J connectivity index is 2.31. The van der Waals surface area contributed by atoms with Crippen molar-refractivity contribution in [2.45, 2.75) is 16.7 Å². The summed E-state index contributed by atoms with van der Waals surface area (Å²) in [5.74, 6) is 0.893. The van der Waals surface area contributed by atoms with Crippen molar-refractivity contribution in [1.29, 1.82) is 0 Å². The second-order valence-electron chi connectivity index (χ2n) is 3.85. The van der Waals surface area contributed by atoms with Crippen molar-refractivity contribution in [3.05, 3.63) is 54.6 Å². The van der Waals surface area contributed by atoms with Gasteiger partial charge in [0.1, 0.15) is 0 Å². The van der Waals surface area contributed by atoms with Gasteiger partial charge in [0, 0.05) is 4.90 Å². The summed E-state index contributed by atoms with van der Waals surface area (Å²) in [5.41, 5.74) is 0.623. The van der Waals surface area contributed by atoms with Crippen molar-refractivity contribution in [3.63, 3.8) is 0 Å². The number of hydrogen-bond acceptors (Lipinski definition) is 3. The second kappa shape index (κ2) is 6.12. The topological polar surface area (TPSA) is 46.2 Å². The standard InChI is InChI=1S/C14H15NO2S2/c1-2-18-14-11-7-6-10-13(14)15-19(16,17)12-8-4-3-5-9-12/h3-11,15H,2H2,1H3. The van der Waals surface area contributed by atoms with Crippen LogP contribution in [0.1, 0.15) is 6.92 Å². The molecule has 2 aromatic carbocycles. The van der Waals surface area contributed by atoms with Crippen molar-refractivity contribution >= 4 is 27.5 Å². The van der Waals surface area contributed by atoms with Crippen molar-refractivity contribution in [1.82, 2.24) is 0 Å². The maximum atomic E-state index is 12.2. The Labute approximate surface area is 118 Å². The van der Waals surface area contributed by atoms with Crippen LogP contribution in [0, 0.1) is 0 Å². The zero-order valence-electron chi connectivity index (χ0n) is 10.5. The minimum atomic E-state index is -3.52. The van der Waals surface area contributed by atoms with E-state index in [1.54, 1.807) is 48.2 Å². The largest absolute Gasteiger partial charge is 0.278 e. The van der Waals surface area contributed by atoms with Crippen LogP contribution >= 0.6 is 11.8 Å². The molecule has 2 aromatic rings. The fourth-order valence-electron chi connectivity index (χ4n) is 1.64. The van der Waals surface area contributed by atoms with Crippen molar-refractivity contribution in [3.8, 4) is 0 Å². The van der Waals surface area contributed by atoms with Crippen LogP contribution in [0.2, 0.25) is 0 Å². The lowest BCUT2D eigenvalue weighted by Gasteiger charge is -2.11. The number of anilines is 1. The third-order valence-corrected chi connectivity index (χ3v) is 4.82. The first-order valence-corrected chi connectivity index (χ1v) is 8.40. The van der Waals surface area contributed by atoms with E-state index in [0.29, 0.717) is 5.69 Å². The van der Waals surface area contributed by atoms with Crippen LogP contribution in [0.15, 0.2) is 64.4 Å². The molecule has 5 heteroatoms. The van der Waals surface area contributed by atoms with Crippen molar-refractivity contribution < 1.29 is 8.42 Å². The SMILES string of the molecule is CCSc1ccccc1NS(=O)(=O)c1ccccc1. The second-order valence-corrected chi connectivity index (χ2v) is 6.84. The number of thioether (sulfide) groups is 1. The molecule has 19 heavy (non-hydrogen) atoms. The molecule has 0 saturated heterocycles. The molecule has 3 nitrogen and oxygen atoms in total. The molecule has 0 aliphatic rings. The van der Waals surface area contributed by atoms with Crippen LogP contribution in [0.4, 0.5) is 5.69 Å². The Kier molecular flexibility index (Phi) is 4.50. The number of hydrogen-bond donors (Lipinski definition) is 1. The van der Waals surface area contributed by atoms with E-state index in [1.807, 2.05) is 25.1 Å². The van der Waals surface area contributed by atoms with Crippen LogP contribution < -0.4 is 4.72 Å². The first-order valence-electron chi connectivity index (χ1n) is 5.93. The van der Waals surface area contributed by atoms with Crippen LogP contribution in [0.25, 0.3) is 0 Å². The smallest absolute Gasteiger partial charge is 0.261 e. The fraction of sp³-hybridized carbons (Fsp3) is 0.143. The summed E-state index contributed by atoms with van der Waals surface area (Å²) in [6.45, 7) is 2.03. The fourth-order valence-corrected chi connectivity index (χ4v) is 3.56. The quantitative estimate of drug-likeness (QED) is 0.857.